The number of benzene rings is 1. The number of ether oxygens (including phenoxy) is 2. The summed E-state index contributed by atoms with van der Waals surface area (Å²) in [6.07, 6.45) is 1.33. The Hall–Kier alpha value is -1.35. The maximum absolute atomic E-state index is 11.8. The largest absolute Gasteiger partial charge is 0.463 e. The lowest BCUT2D eigenvalue weighted by atomic mass is 9.87. The van der Waals surface area contributed by atoms with Gasteiger partial charge in [0.2, 0.25) is 5.79 Å². The van der Waals surface area contributed by atoms with E-state index in [0.29, 0.717) is 6.42 Å². The summed E-state index contributed by atoms with van der Waals surface area (Å²) in [6, 6.07) is 5.64. The number of ketones is 1. The van der Waals surface area contributed by atoms with Crippen LogP contribution >= 0.6 is 0 Å². The third kappa shape index (κ3) is 1.35. The lowest BCUT2D eigenvalue weighted by Gasteiger charge is -2.40. The normalized spacial score (nSPS) is 25.9. The fourth-order valence-electron chi connectivity index (χ4n) is 2.50. The molecule has 0 bridgehead atoms. The maximum Gasteiger partial charge on any atom is 0.205 e. The van der Waals surface area contributed by atoms with Crippen molar-refractivity contribution < 1.29 is 14.3 Å². The van der Waals surface area contributed by atoms with Crippen molar-refractivity contribution in [1.29, 1.82) is 0 Å². The van der Waals surface area contributed by atoms with Crippen molar-refractivity contribution in [3.63, 3.8) is 0 Å². The van der Waals surface area contributed by atoms with Crippen LogP contribution in [-0.4, -0.2) is 11.6 Å². The van der Waals surface area contributed by atoms with Gasteiger partial charge in [-0.15, -0.1) is 0 Å². The van der Waals surface area contributed by atoms with Crippen LogP contribution in [0.2, 0.25) is 0 Å². The fourth-order valence-corrected chi connectivity index (χ4v) is 2.50. The number of hydrogen-bond acceptors (Lipinski definition) is 3. The average Bonchev–Trinajstić information content (AvgIpc) is 2.21. The van der Waals surface area contributed by atoms with E-state index in [2.05, 4.69) is 0 Å². The van der Waals surface area contributed by atoms with Gasteiger partial charge < -0.3 is 9.47 Å². The van der Waals surface area contributed by atoms with Gasteiger partial charge in [-0.1, -0.05) is 12.1 Å². The standard InChI is InChI=1S/C13H14O3/c1-13(2)15-10-5-3-4-8-9(14)6-7-11(16-13)12(8)10/h3-5,11H,6-7H2,1-2H3. The van der Waals surface area contributed by atoms with Crippen LogP contribution in [0.25, 0.3) is 0 Å². The van der Waals surface area contributed by atoms with Gasteiger partial charge in [0.1, 0.15) is 5.75 Å². The Morgan fingerprint density at radius 1 is 1.38 bits per heavy atom. The summed E-state index contributed by atoms with van der Waals surface area (Å²) >= 11 is 0. The van der Waals surface area contributed by atoms with Crippen LogP contribution in [0.15, 0.2) is 18.2 Å². The van der Waals surface area contributed by atoms with Crippen molar-refractivity contribution in [3.05, 3.63) is 29.3 Å². The van der Waals surface area contributed by atoms with Gasteiger partial charge in [-0.05, 0) is 12.5 Å². The Balaban J connectivity index is 2.19. The van der Waals surface area contributed by atoms with E-state index in [-0.39, 0.29) is 11.9 Å². The van der Waals surface area contributed by atoms with Crippen LogP contribution in [-0.2, 0) is 4.74 Å². The highest BCUT2D eigenvalue weighted by molar-refractivity contribution is 5.99. The Kier molecular flexibility index (Phi) is 1.89. The SMILES string of the molecule is CC1(C)Oc2cccc3c2C(CCC3=O)O1. The maximum atomic E-state index is 11.8. The first-order chi connectivity index (χ1) is 7.57. The van der Waals surface area contributed by atoms with E-state index < -0.39 is 5.79 Å². The van der Waals surface area contributed by atoms with Gasteiger partial charge >= 0.3 is 0 Å². The highest BCUT2D eigenvalue weighted by Crippen LogP contribution is 2.45. The molecule has 0 radical (unpaired) electrons. The van der Waals surface area contributed by atoms with Crippen LogP contribution in [0.3, 0.4) is 0 Å². The van der Waals surface area contributed by atoms with Crippen LogP contribution in [0.1, 0.15) is 48.7 Å². The van der Waals surface area contributed by atoms with Crippen LogP contribution < -0.4 is 4.74 Å². The van der Waals surface area contributed by atoms with E-state index in [9.17, 15) is 4.79 Å². The quantitative estimate of drug-likeness (QED) is 0.671. The third-order valence-corrected chi connectivity index (χ3v) is 3.10. The van der Waals surface area contributed by atoms with Gasteiger partial charge in [-0.3, -0.25) is 4.79 Å². The Labute approximate surface area is 94.4 Å². The van der Waals surface area contributed by atoms with E-state index in [1.165, 1.54) is 0 Å². The molecule has 0 aromatic heterocycles. The molecule has 2 aliphatic rings. The topological polar surface area (TPSA) is 35.5 Å². The minimum atomic E-state index is -0.601. The molecule has 0 amide bonds. The number of carbonyl (C=O) groups excluding carboxylic acids is 1. The summed E-state index contributed by atoms with van der Waals surface area (Å²) in [7, 11) is 0. The highest BCUT2D eigenvalue weighted by atomic mass is 16.7. The van der Waals surface area contributed by atoms with E-state index in [1.807, 2.05) is 32.0 Å². The first kappa shape index (κ1) is 9.85. The molecular weight excluding hydrogens is 204 g/mol. The van der Waals surface area contributed by atoms with Gasteiger partial charge in [0.15, 0.2) is 5.78 Å². The van der Waals surface area contributed by atoms with E-state index in [1.54, 1.807) is 0 Å². The third-order valence-electron chi connectivity index (χ3n) is 3.10. The van der Waals surface area contributed by atoms with Crippen molar-refractivity contribution in [2.24, 2.45) is 0 Å². The monoisotopic (exact) mass is 218 g/mol. The lowest BCUT2D eigenvalue weighted by molar-refractivity contribution is -0.209. The molecule has 1 aliphatic carbocycles. The summed E-state index contributed by atoms with van der Waals surface area (Å²) in [5.74, 6) is 0.392. The molecule has 3 nitrogen and oxygen atoms in total. The zero-order chi connectivity index (χ0) is 11.3. The highest BCUT2D eigenvalue weighted by Gasteiger charge is 2.39. The molecule has 0 N–H and O–H groups in total. The summed E-state index contributed by atoms with van der Waals surface area (Å²) in [5, 5.41) is 0. The Morgan fingerprint density at radius 3 is 3.00 bits per heavy atom. The molecule has 16 heavy (non-hydrogen) atoms. The van der Waals surface area contributed by atoms with Gasteiger partial charge in [-0.2, -0.15) is 0 Å². The molecule has 0 saturated carbocycles. The summed E-state index contributed by atoms with van der Waals surface area (Å²) in [5.41, 5.74) is 1.71. The molecule has 1 heterocycles. The predicted octanol–water partition coefficient (Wildman–Crippen LogP) is 2.85. The fraction of sp³-hybridized carbons (Fsp3) is 0.462. The lowest BCUT2D eigenvalue weighted by Crippen LogP contribution is -2.39. The van der Waals surface area contributed by atoms with Crippen molar-refractivity contribution in [3.8, 4) is 5.75 Å². The Morgan fingerprint density at radius 2 is 2.19 bits per heavy atom. The first-order valence-electron chi connectivity index (χ1n) is 5.60. The minimum Gasteiger partial charge on any atom is -0.463 e. The average molecular weight is 218 g/mol. The summed E-state index contributed by atoms with van der Waals surface area (Å²) < 4.78 is 11.6. The van der Waals surface area contributed by atoms with Gasteiger partial charge in [0, 0.05) is 31.4 Å². The van der Waals surface area contributed by atoms with Crippen LogP contribution in [0.4, 0.5) is 0 Å². The summed E-state index contributed by atoms with van der Waals surface area (Å²) in [4.78, 5) is 11.8. The zero-order valence-corrected chi connectivity index (χ0v) is 9.45. The molecule has 1 unspecified atom stereocenters. The second kappa shape index (κ2) is 3.08. The van der Waals surface area contributed by atoms with Crippen molar-refractivity contribution in [2.75, 3.05) is 0 Å². The molecular formula is C13H14O3. The second-order valence-electron chi connectivity index (χ2n) is 4.79. The number of Topliss-reactive ketones (excluding diaryl/α,β-unsaturated/α-hetero) is 1. The number of carbonyl (C=O) groups is 1. The molecule has 1 aliphatic heterocycles. The number of rotatable bonds is 0. The number of hydrogen-bond donors (Lipinski definition) is 0. The Bertz CT molecular complexity index is 462. The first-order valence-corrected chi connectivity index (χ1v) is 5.60. The van der Waals surface area contributed by atoms with Gasteiger partial charge in [0.05, 0.1) is 6.10 Å². The smallest absolute Gasteiger partial charge is 0.205 e. The molecule has 3 heteroatoms. The minimum absolute atomic E-state index is 0.00708. The van der Waals surface area contributed by atoms with E-state index >= 15 is 0 Å². The van der Waals surface area contributed by atoms with Crippen molar-refractivity contribution in [1.82, 2.24) is 0 Å². The molecule has 84 valence electrons. The molecule has 0 spiro atoms. The molecule has 1 aromatic rings. The molecule has 0 saturated heterocycles. The van der Waals surface area contributed by atoms with Crippen molar-refractivity contribution in [2.45, 2.75) is 38.6 Å². The van der Waals surface area contributed by atoms with E-state index in [0.717, 1.165) is 23.3 Å². The summed E-state index contributed by atoms with van der Waals surface area (Å²) in [6.45, 7) is 3.80. The molecule has 3 rings (SSSR count). The zero-order valence-electron chi connectivity index (χ0n) is 9.45. The molecule has 1 atom stereocenters. The predicted molar refractivity (Wildman–Crippen MR) is 58.5 cm³/mol. The van der Waals surface area contributed by atoms with Gasteiger partial charge in [0.25, 0.3) is 0 Å². The van der Waals surface area contributed by atoms with Crippen molar-refractivity contribution >= 4 is 5.78 Å². The van der Waals surface area contributed by atoms with Gasteiger partial charge in [-0.25, -0.2) is 0 Å². The second-order valence-corrected chi connectivity index (χ2v) is 4.79. The molecule has 1 aromatic carbocycles. The van der Waals surface area contributed by atoms with Crippen LogP contribution in [0, 0.1) is 0 Å². The molecule has 0 fully saturated rings. The van der Waals surface area contributed by atoms with Crippen LogP contribution in [0.5, 0.6) is 5.75 Å². The van der Waals surface area contributed by atoms with E-state index in [4.69, 9.17) is 9.47 Å².